The molecule has 0 fully saturated rings. The Labute approximate surface area is 219 Å². The highest BCUT2D eigenvalue weighted by Crippen LogP contribution is 2.22. The normalized spacial score (nSPS) is 11.4. The molecule has 0 bridgehead atoms. The minimum Gasteiger partial charge on any atom is -0.383 e. The van der Waals surface area contributed by atoms with Gasteiger partial charge in [-0.05, 0) is 104 Å². The molecule has 0 aliphatic rings. The topological polar surface area (TPSA) is 36.4 Å². The Bertz CT molecular complexity index is 1270. The van der Waals surface area contributed by atoms with Gasteiger partial charge >= 0.3 is 0 Å². The van der Waals surface area contributed by atoms with E-state index in [1.807, 2.05) is 36.5 Å². The summed E-state index contributed by atoms with van der Waals surface area (Å²) in [5, 5.41) is 3.55. The quantitative estimate of drug-likeness (QED) is 0.158. The van der Waals surface area contributed by atoms with Crippen molar-refractivity contribution >= 4 is 29.4 Å². The summed E-state index contributed by atoms with van der Waals surface area (Å²) >= 11 is 1.39. The second-order valence-electron chi connectivity index (χ2n) is 8.87. The van der Waals surface area contributed by atoms with Crippen LogP contribution in [0.3, 0.4) is 0 Å². The molecule has 0 amide bonds. The molecule has 3 aromatic carbocycles. The van der Waals surface area contributed by atoms with Gasteiger partial charge in [0.25, 0.3) is 0 Å². The van der Waals surface area contributed by atoms with E-state index in [1.54, 1.807) is 6.07 Å². The van der Waals surface area contributed by atoms with Gasteiger partial charge in [-0.3, -0.25) is 4.99 Å². The van der Waals surface area contributed by atoms with E-state index >= 15 is 0 Å². The van der Waals surface area contributed by atoms with Crippen LogP contribution >= 0.6 is 11.9 Å². The fourth-order valence-electron chi connectivity index (χ4n) is 3.34. The van der Waals surface area contributed by atoms with Crippen molar-refractivity contribution in [2.75, 3.05) is 11.3 Å². The maximum absolute atomic E-state index is 13.4. The van der Waals surface area contributed by atoms with Crippen LogP contribution < -0.4 is 10.0 Å². The summed E-state index contributed by atoms with van der Waals surface area (Å²) in [6, 6.07) is 23.0. The lowest BCUT2D eigenvalue weighted by Crippen LogP contribution is -2.15. The molecule has 0 heterocycles. The minimum absolute atomic E-state index is 0.238. The third-order valence-electron chi connectivity index (χ3n) is 5.73. The molecule has 3 aromatic rings. The second kappa shape index (κ2) is 13.5. The van der Waals surface area contributed by atoms with Crippen LogP contribution in [0.15, 0.2) is 112 Å². The molecular formula is C31H34FN3S. The summed E-state index contributed by atoms with van der Waals surface area (Å²) in [4.78, 5) is 5.48. The zero-order valence-electron chi connectivity index (χ0n) is 21.4. The van der Waals surface area contributed by atoms with Crippen LogP contribution in [0.1, 0.15) is 37.5 Å². The van der Waals surface area contributed by atoms with Crippen molar-refractivity contribution in [3.63, 3.8) is 0 Å². The van der Waals surface area contributed by atoms with Gasteiger partial charge in [-0.2, -0.15) is 0 Å². The summed E-state index contributed by atoms with van der Waals surface area (Å²) in [5.74, 6) is -0.238. The molecule has 0 aliphatic heterocycles. The SMILES string of the molecule is C=C(/C=C(\CN=CC(C)=C(C)C)NCc1ccc(NSc2cccc(F)c2)cc1)c1ccccc1C. The average molecular weight is 500 g/mol. The van der Waals surface area contributed by atoms with E-state index in [1.165, 1.54) is 40.8 Å². The predicted octanol–water partition coefficient (Wildman–Crippen LogP) is 8.37. The molecule has 36 heavy (non-hydrogen) atoms. The van der Waals surface area contributed by atoms with Crippen LogP contribution in [0.25, 0.3) is 5.57 Å². The standard InChI is InChI=1S/C31H34FN3S/c1-22(2)25(5)19-33-21-29(17-24(4)31-12-7-6-9-23(31)3)34-20-26-13-15-28(16-14-26)35-36-30-11-8-10-27(32)18-30/h6-19,34-35H,4,20-21H2,1-3,5H3/b29-17+,33-19?. The third-order valence-corrected chi connectivity index (χ3v) is 6.56. The molecule has 3 nitrogen and oxygen atoms in total. The van der Waals surface area contributed by atoms with Crippen LogP contribution in [-0.4, -0.2) is 12.8 Å². The molecule has 3 rings (SSSR count). The van der Waals surface area contributed by atoms with Crippen molar-refractivity contribution < 1.29 is 4.39 Å². The van der Waals surface area contributed by atoms with E-state index in [0.29, 0.717) is 13.1 Å². The van der Waals surface area contributed by atoms with Gasteiger partial charge in [0.05, 0.1) is 6.54 Å². The molecule has 0 unspecified atom stereocenters. The highest BCUT2D eigenvalue weighted by Gasteiger charge is 2.04. The van der Waals surface area contributed by atoms with Crippen molar-refractivity contribution in [3.8, 4) is 0 Å². The zero-order valence-corrected chi connectivity index (χ0v) is 22.3. The van der Waals surface area contributed by atoms with Crippen molar-refractivity contribution in [3.05, 3.63) is 125 Å². The smallest absolute Gasteiger partial charge is 0.124 e. The van der Waals surface area contributed by atoms with Crippen LogP contribution in [0.2, 0.25) is 0 Å². The summed E-state index contributed by atoms with van der Waals surface area (Å²) in [6.07, 6.45) is 4.02. The molecule has 0 spiro atoms. The first-order valence-electron chi connectivity index (χ1n) is 11.9. The Kier molecular flexibility index (Phi) is 10.1. The Morgan fingerprint density at radius 2 is 1.75 bits per heavy atom. The van der Waals surface area contributed by atoms with E-state index in [4.69, 9.17) is 0 Å². The molecule has 0 atom stereocenters. The fraction of sp³-hybridized carbons (Fsp3) is 0.194. The molecule has 0 aromatic heterocycles. The summed E-state index contributed by atoms with van der Waals surface area (Å²) in [6.45, 7) is 13.9. The Morgan fingerprint density at radius 3 is 2.44 bits per heavy atom. The van der Waals surface area contributed by atoms with Crippen molar-refractivity contribution in [2.45, 2.75) is 39.1 Å². The number of nitrogens with zero attached hydrogens (tertiary/aromatic N) is 1. The highest BCUT2D eigenvalue weighted by molar-refractivity contribution is 8.00. The monoisotopic (exact) mass is 499 g/mol. The molecule has 5 heteroatoms. The van der Waals surface area contributed by atoms with Gasteiger partial charge in [-0.25, -0.2) is 4.39 Å². The summed E-state index contributed by atoms with van der Waals surface area (Å²) in [5.41, 5.74) is 8.82. The van der Waals surface area contributed by atoms with E-state index in [2.05, 4.69) is 79.6 Å². The fourth-order valence-corrected chi connectivity index (χ4v) is 4.03. The van der Waals surface area contributed by atoms with Gasteiger partial charge in [-0.1, -0.05) is 54.6 Å². The van der Waals surface area contributed by atoms with E-state index < -0.39 is 0 Å². The zero-order chi connectivity index (χ0) is 25.9. The lowest BCUT2D eigenvalue weighted by atomic mass is 10.0. The predicted molar refractivity (Wildman–Crippen MR) is 155 cm³/mol. The van der Waals surface area contributed by atoms with E-state index in [0.717, 1.165) is 33.0 Å². The summed E-state index contributed by atoms with van der Waals surface area (Å²) in [7, 11) is 0. The third kappa shape index (κ3) is 8.58. The maximum Gasteiger partial charge on any atom is 0.124 e. The molecular weight excluding hydrogens is 465 g/mol. The minimum atomic E-state index is -0.238. The first-order chi connectivity index (χ1) is 17.3. The average Bonchev–Trinajstić information content (AvgIpc) is 2.86. The molecule has 0 aliphatic carbocycles. The number of anilines is 1. The number of benzene rings is 3. The number of rotatable bonds is 11. The number of nitrogens with one attached hydrogen (secondary N) is 2. The van der Waals surface area contributed by atoms with Crippen LogP contribution in [0.4, 0.5) is 10.1 Å². The van der Waals surface area contributed by atoms with Gasteiger partial charge < -0.3 is 10.0 Å². The van der Waals surface area contributed by atoms with Crippen molar-refractivity contribution in [1.82, 2.24) is 5.32 Å². The van der Waals surface area contributed by atoms with Crippen LogP contribution in [-0.2, 0) is 6.54 Å². The van der Waals surface area contributed by atoms with Gasteiger partial charge in [0.2, 0.25) is 0 Å². The number of aliphatic imine (C=N–C) groups is 1. The second-order valence-corrected chi connectivity index (χ2v) is 9.75. The first-order valence-corrected chi connectivity index (χ1v) is 12.7. The lowest BCUT2D eigenvalue weighted by molar-refractivity contribution is 0.624. The number of hydrogen-bond donors (Lipinski definition) is 2. The molecule has 2 N–H and O–H groups in total. The molecule has 0 radical (unpaired) electrons. The van der Waals surface area contributed by atoms with Gasteiger partial charge in [0.15, 0.2) is 0 Å². The summed E-state index contributed by atoms with van der Waals surface area (Å²) < 4.78 is 16.6. The van der Waals surface area contributed by atoms with Crippen LogP contribution in [0, 0.1) is 12.7 Å². The Hall–Kier alpha value is -3.57. The maximum atomic E-state index is 13.4. The molecule has 0 saturated carbocycles. The molecule has 0 saturated heterocycles. The largest absolute Gasteiger partial charge is 0.383 e. The van der Waals surface area contributed by atoms with E-state index in [-0.39, 0.29) is 5.82 Å². The number of halogens is 1. The van der Waals surface area contributed by atoms with Gasteiger partial charge in [0.1, 0.15) is 5.82 Å². The van der Waals surface area contributed by atoms with Crippen molar-refractivity contribution in [2.24, 2.45) is 4.99 Å². The Balaban J connectivity index is 1.66. The number of hydrogen-bond acceptors (Lipinski definition) is 4. The number of allylic oxidation sites excluding steroid dienone is 4. The Morgan fingerprint density at radius 1 is 1.00 bits per heavy atom. The van der Waals surface area contributed by atoms with E-state index in [9.17, 15) is 4.39 Å². The van der Waals surface area contributed by atoms with Crippen molar-refractivity contribution in [1.29, 1.82) is 0 Å². The highest BCUT2D eigenvalue weighted by atomic mass is 32.2. The van der Waals surface area contributed by atoms with Gasteiger partial charge in [0, 0.05) is 29.0 Å². The number of aryl methyl sites for hydroxylation is 1. The van der Waals surface area contributed by atoms with Gasteiger partial charge in [-0.15, -0.1) is 0 Å². The lowest BCUT2D eigenvalue weighted by Gasteiger charge is -2.13. The first kappa shape index (κ1) is 27.0. The molecule has 186 valence electrons. The van der Waals surface area contributed by atoms with Crippen LogP contribution in [0.5, 0.6) is 0 Å².